The first kappa shape index (κ1) is 16.7. The number of rotatable bonds is 4. The van der Waals surface area contributed by atoms with Crippen LogP contribution in [-0.4, -0.2) is 43.9 Å². The van der Waals surface area contributed by atoms with E-state index in [1.807, 2.05) is 6.07 Å². The highest BCUT2D eigenvalue weighted by Gasteiger charge is 2.49. The maximum atomic E-state index is 12.8. The summed E-state index contributed by atoms with van der Waals surface area (Å²) in [6, 6.07) is 13.6. The minimum Gasteiger partial charge on any atom is -0.319 e. The minimum atomic E-state index is -1.21. The molecule has 1 fully saturated rings. The number of carbonyl (C=O) groups excluding carboxylic acids is 3. The van der Waals surface area contributed by atoms with Gasteiger partial charge < -0.3 is 5.32 Å². The van der Waals surface area contributed by atoms with E-state index in [1.165, 1.54) is 4.52 Å². The van der Waals surface area contributed by atoms with Crippen molar-refractivity contribution in [3.63, 3.8) is 0 Å². The van der Waals surface area contributed by atoms with E-state index in [2.05, 4.69) is 20.7 Å². The lowest BCUT2D eigenvalue weighted by atomic mass is 9.92. The first-order chi connectivity index (χ1) is 13.0. The first-order valence-electron chi connectivity index (χ1n) is 8.28. The van der Waals surface area contributed by atoms with Crippen LogP contribution in [0.5, 0.6) is 0 Å². The molecule has 136 valence electrons. The van der Waals surface area contributed by atoms with Crippen molar-refractivity contribution < 1.29 is 14.4 Å². The van der Waals surface area contributed by atoms with Crippen molar-refractivity contribution in [1.82, 2.24) is 24.8 Å². The van der Waals surface area contributed by atoms with Crippen LogP contribution in [0, 0.1) is 0 Å². The van der Waals surface area contributed by atoms with E-state index in [0.29, 0.717) is 11.2 Å². The Hall–Kier alpha value is -3.75. The lowest BCUT2D eigenvalue weighted by Gasteiger charge is -2.21. The van der Waals surface area contributed by atoms with Crippen molar-refractivity contribution in [2.45, 2.75) is 12.5 Å². The van der Waals surface area contributed by atoms with E-state index in [1.54, 1.807) is 55.6 Å². The largest absolute Gasteiger partial charge is 0.325 e. The van der Waals surface area contributed by atoms with Gasteiger partial charge in [0.15, 0.2) is 5.65 Å². The van der Waals surface area contributed by atoms with Crippen LogP contribution in [0.1, 0.15) is 12.5 Å². The van der Waals surface area contributed by atoms with Crippen LogP contribution >= 0.6 is 0 Å². The molecule has 1 unspecified atom stereocenters. The molecule has 1 atom stereocenters. The Morgan fingerprint density at radius 2 is 1.89 bits per heavy atom. The number of amides is 4. The molecule has 3 heterocycles. The van der Waals surface area contributed by atoms with Crippen LogP contribution in [-0.2, 0) is 15.1 Å². The molecule has 1 saturated heterocycles. The molecule has 9 heteroatoms. The van der Waals surface area contributed by atoms with E-state index in [4.69, 9.17) is 0 Å². The zero-order valence-corrected chi connectivity index (χ0v) is 14.4. The molecule has 4 amide bonds. The summed E-state index contributed by atoms with van der Waals surface area (Å²) in [7, 11) is 0. The third-order valence-corrected chi connectivity index (χ3v) is 4.42. The van der Waals surface area contributed by atoms with Gasteiger partial charge in [0, 0.05) is 6.20 Å². The van der Waals surface area contributed by atoms with Gasteiger partial charge in [0.2, 0.25) is 11.9 Å². The van der Waals surface area contributed by atoms with Gasteiger partial charge in [-0.25, -0.2) is 9.31 Å². The fourth-order valence-electron chi connectivity index (χ4n) is 3.00. The molecule has 1 aliphatic heterocycles. The zero-order chi connectivity index (χ0) is 19.0. The normalized spacial score (nSPS) is 19.4. The standard InChI is InChI=1S/C18H16N6O3/c1-18(12-7-3-2-4-8-12)15(26)23(17(27)21-18)11-14(25)20-16-19-13-9-5-6-10-24(13)22-16/h2-10H,11H2,1H3,(H,21,27)(H,20,22,25). The molecule has 0 spiro atoms. The molecule has 3 aromatic rings. The van der Waals surface area contributed by atoms with E-state index in [0.717, 1.165) is 4.90 Å². The molecule has 0 aliphatic carbocycles. The Balaban J connectivity index is 1.49. The summed E-state index contributed by atoms with van der Waals surface area (Å²) in [5.41, 5.74) is 0.00711. The fraction of sp³-hybridized carbons (Fsp3) is 0.167. The van der Waals surface area contributed by atoms with Gasteiger partial charge in [-0.05, 0) is 24.6 Å². The Kier molecular flexibility index (Phi) is 3.84. The van der Waals surface area contributed by atoms with E-state index in [9.17, 15) is 14.4 Å². The lowest BCUT2D eigenvalue weighted by molar-refractivity contribution is -0.133. The van der Waals surface area contributed by atoms with Gasteiger partial charge in [0.05, 0.1) is 0 Å². The maximum absolute atomic E-state index is 12.8. The van der Waals surface area contributed by atoms with Gasteiger partial charge in [0.25, 0.3) is 5.91 Å². The number of hydrogen-bond acceptors (Lipinski definition) is 5. The second-order valence-electron chi connectivity index (χ2n) is 6.30. The van der Waals surface area contributed by atoms with Crippen LogP contribution in [0.4, 0.5) is 10.7 Å². The molecule has 0 saturated carbocycles. The monoisotopic (exact) mass is 364 g/mol. The molecule has 0 bridgehead atoms. The summed E-state index contributed by atoms with van der Waals surface area (Å²) in [5, 5.41) is 9.28. The second-order valence-corrected chi connectivity index (χ2v) is 6.30. The average Bonchev–Trinajstić information content (AvgIpc) is 3.16. The zero-order valence-electron chi connectivity index (χ0n) is 14.4. The molecule has 27 heavy (non-hydrogen) atoms. The number of benzene rings is 1. The average molecular weight is 364 g/mol. The number of nitrogens with one attached hydrogen (secondary N) is 2. The number of anilines is 1. The predicted octanol–water partition coefficient (Wildman–Crippen LogP) is 1.14. The fourth-order valence-corrected chi connectivity index (χ4v) is 3.00. The van der Waals surface area contributed by atoms with Gasteiger partial charge in [0.1, 0.15) is 12.1 Å². The Morgan fingerprint density at radius 3 is 2.63 bits per heavy atom. The Morgan fingerprint density at radius 1 is 1.15 bits per heavy atom. The number of carbonyl (C=O) groups is 3. The van der Waals surface area contributed by atoms with Gasteiger partial charge in [-0.3, -0.25) is 19.8 Å². The Labute approximate surface area is 154 Å². The summed E-state index contributed by atoms with van der Waals surface area (Å²) in [5.74, 6) is -0.951. The van der Waals surface area contributed by atoms with Crippen molar-refractivity contribution >= 4 is 29.4 Å². The molecule has 1 aromatic carbocycles. The van der Waals surface area contributed by atoms with E-state index < -0.39 is 29.9 Å². The lowest BCUT2D eigenvalue weighted by Crippen LogP contribution is -2.42. The van der Waals surface area contributed by atoms with Crippen molar-refractivity contribution in [3.8, 4) is 0 Å². The summed E-state index contributed by atoms with van der Waals surface area (Å²) in [6.45, 7) is 1.19. The molecular formula is C18H16N6O3. The number of urea groups is 1. The minimum absolute atomic E-state index is 0.101. The predicted molar refractivity (Wildman–Crippen MR) is 95.7 cm³/mol. The molecule has 0 radical (unpaired) electrons. The van der Waals surface area contributed by atoms with Crippen LogP contribution in [0.3, 0.4) is 0 Å². The number of pyridine rings is 1. The highest BCUT2D eigenvalue weighted by atomic mass is 16.2. The van der Waals surface area contributed by atoms with Crippen molar-refractivity contribution in [2.75, 3.05) is 11.9 Å². The van der Waals surface area contributed by atoms with E-state index in [-0.39, 0.29) is 5.95 Å². The quantitative estimate of drug-likeness (QED) is 0.675. The van der Waals surface area contributed by atoms with Gasteiger partial charge in [-0.15, -0.1) is 5.10 Å². The number of hydrogen-bond donors (Lipinski definition) is 2. The van der Waals surface area contributed by atoms with Crippen molar-refractivity contribution in [3.05, 3.63) is 60.3 Å². The SMILES string of the molecule is CC1(c2ccccc2)NC(=O)N(CC(=O)Nc2nc3ccccn3n2)C1=O. The summed E-state index contributed by atoms with van der Waals surface area (Å²) in [6.07, 6.45) is 1.70. The molecular weight excluding hydrogens is 348 g/mol. The molecule has 2 N–H and O–H groups in total. The summed E-state index contributed by atoms with van der Waals surface area (Å²) >= 11 is 0. The highest BCUT2D eigenvalue weighted by Crippen LogP contribution is 2.28. The first-order valence-corrected chi connectivity index (χ1v) is 8.28. The summed E-state index contributed by atoms with van der Waals surface area (Å²) < 4.78 is 1.51. The topological polar surface area (TPSA) is 109 Å². The number of nitrogens with zero attached hydrogens (tertiary/aromatic N) is 4. The van der Waals surface area contributed by atoms with Crippen LogP contribution in [0.2, 0.25) is 0 Å². The third kappa shape index (κ3) is 2.88. The Bertz CT molecular complexity index is 1010. The van der Waals surface area contributed by atoms with Crippen LogP contribution < -0.4 is 10.6 Å². The number of fused-ring (bicyclic) bond motifs is 1. The van der Waals surface area contributed by atoms with Gasteiger partial charge in [-0.1, -0.05) is 36.4 Å². The van der Waals surface area contributed by atoms with Gasteiger partial charge in [-0.2, -0.15) is 4.98 Å². The van der Waals surface area contributed by atoms with Crippen molar-refractivity contribution in [1.29, 1.82) is 0 Å². The maximum Gasteiger partial charge on any atom is 0.325 e. The summed E-state index contributed by atoms with van der Waals surface area (Å²) in [4.78, 5) is 42.4. The molecule has 1 aliphatic rings. The third-order valence-electron chi connectivity index (χ3n) is 4.42. The van der Waals surface area contributed by atoms with Crippen molar-refractivity contribution in [2.24, 2.45) is 0 Å². The number of imide groups is 1. The second kappa shape index (κ2) is 6.20. The highest BCUT2D eigenvalue weighted by molar-refractivity contribution is 6.10. The number of aromatic nitrogens is 3. The molecule has 4 rings (SSSR count). The molecule has 9 nitrogen and oxygen atoms in total. The van der Waals surface area contributed by atoms with E-state index >= 15 is 0 Å². The van der Waals surface area contributed by atoms with Gasteiger partial charge >= 0.3 is 6.03 Å². The van der Waals surface area contributed by atoms with Crippen LogP contribution in [0.15, 0.2) is 54.7 Å². The smallest absolute Gasteiger partial charge is 0.319 e. The van der Waals surface area contributed by atoms with Crippen LogP contribution in [0.25, 0.3) is 5.65 Å². The molecule has 2 aromatic heterocycles.